The van der Waals surface area contributed by atoms with Crippen LogP contribution in [0.4, 0.5) is 13.2 Å². The van der Waals surface area contributed by atoms with Crippen molar-refractivity contribution < 1.29 is 27.5 Å². The third-order valence-electron chi connectivity index (χ3n) is 4.53. The number of alkyl halides is 3. The van der Waals surface area contributed by atoms with Crippen LogP contribution < -0.4 is 0 Å². The van der Waals surface area contributed by atoms with Gasteiger partial charge in [0.15, 0.2) is 0 Å². The normalized spacial score (nSPS) is 26.2. The fourth-order valence-electron chi connectivity index (χ4n) is 3.34. The molecule has 0 bridgehead atoms. The summed E-state index contributed by atoms with van der Waals surface area (Å²) < 4.78 is 44.8. The average molecular weight is 392 g/mol. The molecule has 1 saturated carbocycles. The summed E-state index contributed by atoms with van der Waals surface area (Å²) in [6.45, 7) is -0.480. The maximum absolute atomic E-state index is 13.2. The largest absolute Gasteiger partial charge is 0.468 e. The van der Waals surface area contributed by atoms with Gasteiger partial charge in [-0.1, -0.05) is 15.9 Å². The van der Waals surface area contributed by atoms with Crippen LogP contribution in [0.2, 0.25) is 0 Å². The Balaban J connectivity index is 2.04. The van der Waals surface area contributed by atoms with Crippen LogP contribution in [0.15, 0.2) is 22.7 Å². The first kappa shape index (κ1) is 16.3. The van der Waals surface area contributed by atoms with Crippen molar-refractivity contribution in [3.63, 3.8) is 0 Å². The molecule has 124 valence electrons. The van der Waals surface area contributed by atoms with E-state index >= 15 is 0 Å². The number of methoxy groups -OCH3 is 1. The Morgan fingerprint density at radius 2 is 2.17 bits per heavy atom. The van der Waals surface area contributed by atoms with Gasteiger partial charge >= 0.3 is 12.1 Å². The molecule has 1 aliphatic heterocycles. The van der Waals surface area contributed by atoms with Crippen LogP contribution in [0.25, 0.3) is 0 Å². The van der Waals surface area contributed by atoms with Crippen molar-refractivity contribution in [3.05, 3.63) is 33.8 Å². The second-order valence-electron chi connectivity index (χ2n) is 5.88. The van der Waals surface area contributed by atoms with E-state index in [-0.39, 0.29) is 25.1 Å². The highest BCUT2D eigenvalue weighted by Gasteiger charge is 2.69. The van der Waals surface area contributed by atoms with Crippen LogP contribution in [0, 0.1) is 5.92 Å². The van der Waals surface area contributed by atoms with E-state index in [4.69, 9.17) is 0 Å². The number of rotatable bonds is 2. The van der Waals surface area contributed by atoms with E-state index in [9.17, 15) is 22.8 Å². The Morgan fingerprint density at radius 3 is 2.74 bits per heavy atom. The third kappa shape index (κ3) is 2.62. The Labute approximate surface area is 138 Å². The molecule has 23 heavy (non-hydrogen) atoms. The molecule has 3 rings (SSSR count). The molecule has 0 unspecified atom stereocenters. The number of hydrogen-bond acceptors (Lipinski definition) is 3. The van der Waals surface area contributed by atoms with E-state index in [0.717, 1.165) is 4.90 Å². The van der Waals surface area contributed by atoms with Gasteiger partial charge in [-0.2, -0.15) is 13.2 Å². The van der Waals surface area contributed by atoms with Gasteiger partial charge in [0.05, 0.1) is 13.0 Å². The van der Waals surface area contributed by atoms with Gasteiger partial charge in [-0.25, -0.2) is 0 Å². The first-order valence-electron chi connectivity index (χ1n) is 6.92. The molecule has 1 aliphatic carbocycles. The second-order valence-corrected chi connectivity index (χ2v) is 6.80. The van der Waals surface area contributed by atoms with Gasteiger partial charge in [0.1, 0.15) is 6.54 Å². The van der Waals surface area contributed by atoms with E-state index in [0.29, 0.717) is 10.0 Å². The monoisotopic (exact) mass is 391 g/mol. The van der Waals surface area contributed by atoms with Crippen molar-refractivity contribution in [2.75, 3.05) is 20.2 Å². The lowest BCUT2D eigenvalue weighted by Gasteiger charge is -2.35. The summed E-state index contributed by atoms with van der Waals surface area (Å²) in [6, 6.07) is 4.68. The fourth-order valence-corrected chi connectivity index (χ4v) is 3.70. The molecule has 4 nitrogen and oxygen atoms in total. The van der Waals surface area contributed by atoms with Crippen LogP contribution in [0.1, 0.15) is 22.3 Å². The molecule has 2 atom stereocenters. The number of benzene rings is 1. The van der Waals surface area contributed by atoms with Gasteiger partial charge in [0.2, 0.25) is 0 Å². The van der Waals surface area contributed by atoms with Crippen molar-refractivity contribution in [2.24, 2.45) is 5.92 Å². The van der Waals surface area contributed by atoms with Gasteiger partial charge in [-0.15, -0.1) is 0 Å². The minimum absolute atomic E-state index is 0.0785. The maximum Gasteiger partial charge on any atom is 0.392 e. The number of ether oxygens (including phenoxy) is 1. The van der Waals surface area contributed by atoms with Crippen LogP contribution in [-0.2, 0) is 14.9 Å². The molecule has 0 saturated heterocycles. The topological polar surface area (TPSA) is 46.6 Å². The molecule has 0 N–H and O–H groups in total. The predicted octanol–water partition coefficient (Wildman–Crippen LogP) is 2.90. The van der Waals surface area contributed by atoms with E-state index < -0.39 is 29.4 Å². The Morgan fingerprint density at radius 1 is 1.48 bits per heavy atom. The summed E-state index contributed by atoms with van der Waals surface area (Å²) in [7, 11) is 1.17. The number of nitrogens with zero attached hydrogens (tertiary/aromatic N) is 1. The van der Waals surface area contributed by atoms with Crippen molar-refractivity contribution in [2.45, 2.75) is 18.0 Å². The molecule has 1 aromatic rings. The number of amides is 1. The Kier molecular flexibility index (Phi) is 3.70. The highest BCUT2D eigenvalue weighted by atomic mass is 79.9. The number of carbonyl (C=O) groups is 2. The molecule has 1 aromatic carbocycles. The van der Waals surface area contributed by atoms with Crippen LogP contribution >= 0.6 is 15.9 Å². The lowest BCUT2D eigenvalue weighted by molar-refractivity contribution is -0.153. The summed E-state index contributed by atoms with van der Waals surface area (Å²) in [5.41, 5.74) is -0.547. The van der Waals surface area contributed by atoms with Crippen molar-refractivity contribution in [3.8, 4) is 0 Å². The number of fused-ring (bicyclic) bond motifs is 2. The van der Waals surface area contributed by atoms with Crippen LogP contribution in [-0.4, -0.2) is 43.2 Å². The molecule has 8 heteroatoms. The SMILES string of the molecule is COC(=O)CN1C[C@@]2(C[C@@H]2C(F)(F)F)c2cc(Br)ccc2C1=O. The molecule has 1 amide bonds. The molecule has 1 heterocycles. The first-order valence-corrected chi connectivity index (χ1v) is 7.71. The highest BCUT2D eigenvalue weighted by Crippen LogP contribution is 2.63. The first-order chi connectivity index (χ1) is 10.7. The molecule has 1 spiro atoms. The maximum atomic E-state index is 13.2. The molecule has 1 fully saturated rings. The molecule has 2 aliphatic rings. The van der Waals surface area contributed by atoms with E-state index in [1.807, 2.05) is 0 Å². The minimum Gasteiger partial charge on any atom is -0.468 e. The molecule has 0 radical (unpaired) electrons. The van der Waals surface area contributed by atoms with Gasteiger partial charge in [0.25, 0.3) is 5.91 Å². The zero-order chi connectivity index (χ0) is 17.0. The van der Waals surface area contributed by atoms with E-state index in [2.05, 4.69) is 20.7 Å². The average Bonchev–Trinajstić information content (AvgIpc) is 3.20. The summed E-state index contributed by atoms with van der Waals surface area (Å²) in [4.78, 5) is 25.1. The highest BCUT2D eigenvalue weighted by molar-refractivity contribution is 9.10. The van der Waals surface area contributed by atoms with Crippen LogP contribution in [0.3, 0.4) is 0 Å². The zero-order valence-electron chi connectivity index (χ0n) is 12.1. The molecular formula is C15H13BrF3NO3. The standard InChI is InChI=1S/C15H13BrF3NO3/c1-23-12(21)6-20-7-14(5-11(14)15(17,18)19)10-4-8(16)2-3-9(10)13(20)22/h2-4,11H,5-7H2,1H3/t11-,14-/m0/s1. The summed E-state index contributed by atoms with van der Waals surface area (Å²) in [6.07, 6.45) is -4.41. The number of hydrogen-bond donors (Lipinski definition) is 0. The van der Waals surface area contributed by atoms with Crippen molar-refractivity contribution in [1.29, 1.82) is 0 Å². The predicted molar refractivity (Wildman–Crippen MR) is 77.9 cm³/mol. The smallest absolute Gasteiger partial charge is 0.392 e. The zero-order valence-corrected chi connectivity index (χ0v) is 13.7. The fraction of sp³-hybridized carbons (Fsp3) is 0.467. The van der Waals surface area contributed by atoms with Gasteiger partial charge in [0, 0.05) is 22.0 Å². The number of esters is 1. The Bertz CT molecular complexity index is 691. The lowest BCUT2D eigenvalue weighted by Crippen LogP contribution is -2.47. The quantitative estimate of drug-likeness (QED) is 0.728. The lowest BCUT2D eigenvalue weighted by atomic mass is 9.84. The van der Waals surface area contributed by atoms with Gasteiger partial charge in [-0.05, 0) is 30.2 Å². The van der Waals surface area contributed by atoms with E-state index in [1.54, 1.807) is 12.1 Å². The van der Waals surface area contributed by atoms with E-state index in [1.165, 1.54) is 13.2 Å². The number of carbonyl (C=O) groups excluding carboxylic acids is 2. The van der Waals surface area contributed by atoms with Crippen molar-refractivity contribution in [1.82, 2.24) is 4.90 Å². The number of halogens is 4. The second kappa shape index (κ2) is 5.22. The van der Waals surface area contributed by atoms with Crippen molar-refractivity contribution >= 4 is 27.8 Å². The van der Waals surface area contributed by atoms with Gasteiger partial charge < -0.3 is 9.64 Å². The summed E-state index contributed by atoms with van der Waals surface area (Å²) in [5.74, 6) is -2.61. The van der Waals surface area contributed by atoms with Gasteiger partial charge in [-0.3, -0.25) is 9.59 Å². The summed E-state index contributed by atoms with van der Waals surface area (Å²) >= 11 is 3.25. The molecule has 0 aromatic heterocycles. The third-order valence-corrected chi connectivity index (χ3v) is 5.02. The Hall–Kier alpha value is -1.57. The minimum atomic E-state index is -4.34. The molecular weight excluding hydrogens is 379 g/mol. The van der Waals surface area contributed by atoms with Crippen LogP contribution in [0.5, 0.6) is 0 Å². The summed E-state index contributed by atoms with van der Waals surface area (Å²) in [5, 5.41) is 0.